The van der Waals surface area contributed by atoms with Crippen molar-refractivity contribution in [2.45, 2.75) is 19.4 Å². The highest BCUT2D eigenvalue weighted by molar-refractivity contribution is 9.10. The van der Waals surface area contributed by atoms with Gasteiger partial charge in [-0.15, -0.1) is 0 Å². The third-order valence-corrected chi connectivity index (χ3v) is 3.22. The molecule has 0 spiro atoms. The van der Waals surface area contributed by atoms with Crippen molar-refractivity contribution in [3.8, 4) is 5.75 Å². The molecule has 0 saturated carbocycles. The van der Waals surface area contributed by atoms with Crippen LogP contribution in [-0.4, -0.2) is 11.7 Å². The van der Waals surface area contributed by atoms with Crippen molar-refractivity contribution in [3.05, 3.63) is 52.4 Å². The maximum Gasteiger partial charge on any atom is 0.151 e. The van der Waals surface area contributed by atoms with Gasteiger partial charge in [-0.1, -0.05) is 25.1 Å². The summed E-state index contributed by atoms with van der Waals surface area (Å²) in [5, 5.41) is 10.3. The second-order valence-corrected chi connectivity index (χ2v) is 4.78. The van der Waals surface area contributed by atoms with Gasteiger partial charge in [-0.05, 0) is 34.5 Å². The van der Waals surface area contributed by atoms with Gasteiger partial charge in [0, 0.05) is 5.56 Å². The Labute approximate surface area is 115 Å². The van der Waals surface area contributed by atoms with Crippen LogP contribution in [0.25, 0.3) is 0 Å². The lowest BCUT2D eigenvalue weighted by atomic mass is 10.1. The Morgan fingerprint density at radius 2 is 2.11 bits per heavy atom. The maximum atomic E-state index is 10.3. The average Bonchev–Trinajstić information content (AvgIpc) is 2.82. The first-order valence-electron chi connectivity index (χ1n) is 5.86. The number of aliphatic hydroxyl groups is 1. The third kappa shape index (κ3) is 2.76. The van der Waals surface area contributed by atoms with Gasteiger partial charge in [0.25, 0.3) is 0 Å². The van der Waals surface area contributed by atoms with Crippen LogP contribution in [-0.2, 0) is 0 Å². The first-order chi connectivity index (χ1) is 8.74. The average molecular weight is 311 g/mol. The van der Waals surface area contributed by atoms with Crippen molar-refractivity contribution in [2.75, 3.05) is 6.61 Å². The van der Waals surface area contributed by atoms with Crippen LogP contribution in [0, 0.1) is 0 Å². The molecule has 0 amide bonds. The molecule has 1 heterocycles. The van der Waals surface area contributed by atoms with Crippen LogP contribution in [0.5, 0.6) is 5.75 Å². The molecule has 1 aromatic carbocycles. The van der Waals surface area contributed by atoms with Gasteiger partial charge >= 0.3 is 0 Å². The van der Waals surface area contributed by atoms with E-state index in [1.54, 1.807) is 6.07 Å². The third-order valence-electron chi connectivity index (χ3n) is 2.57. The van der Waals surface area contributed by atoms with Gasteiger partial charge in [0.2, 0.25) is 0 Å². The van der Waals surface area contributed by atoms with Gasteiger partial charge in [-0.3, -0.25) is 0 Å². The predicted molar refractivity (Wildman–Crippen MR) is 72.7 cm³/mol. The molecule has 0 fully saturated rings. The van der Waals surface area contributed by atoms with Gasteiger partial charge in [-0.25, -0.2) is 0 Å². The standard InChI is InChI=1S/C14H15BrO3/c1-2-8-17-12-6-4-3-5-10(12)13(16)14-11(15)7-9-18-14/h3-7,9,13,16H,2,8H2,1H3. The fourth-order valence-corrected chi connectivity index (χ4v) is 2.11. The molecule has 3 nitrogen and oxygen atoms in total. The summed E-state index contributed by atoms with van der Waals surface area (Å²) in [7, 11) is 0. The second kappa shape index (κ2) is 6.07. The van der Waals surface area contributed by atoms with E-state index >= 15 is 0 Å². The molecule has 18 heavy (non-hydrogen) atoms. The van der Waals surface area contributed by atoms with Gasteiger partial charge in [0.05, 0.1) is 17.3 Å². The smallest absolute Gasteiger partial charge is 0.151 e. The first kappa shape index (κ1) is 13.2. The van der Waals surface area contributed by atoms with E-state index in [1.807, 2.05) is 31.2 Å². The minimum atomic E-state index is -0.831. The zero-order valence-corrected chi connectivity index (χ0v) is 11.7. The summed E-state index contributed by atoms with van der Waals surface area (Å²) in [6, 6.07) is 9.20. The summed E-state index contributed by atoms with van der Waals surface area (Å²) < 4.78 is 11.7. The van der Waals surface area contributed by atoms with Crippen LogP contribution in [0.3, 0.4) is 0 Å². The molecule has 0 aliphatic heterocycles. The molecular formula is C14H15BrO3. The van der Waals surface area contributed by atoms with Crippen molar-refractivity contribution >= 4 is 15.9 Å². The number of ether oxygens (including phenoxy) is 1. The molecule has 2 rings (SSSR count). The number of rotatable bonds is 5. The van der Waals surface area contributed by atoms with Crippen LogP contribution in [0.15, 0.2) is 45.5 Å². The lowest BCUT2D eigenvalue weighted by Crippen LogP contribution is -2.04. The zero-order valence-electron chi connectivity index (χ0n) is 10.1. The normalized spacial score (nSPS) is 12.4. The van der Waals surface area contributed by atoms with Gasteiger partial charge < -0.3 is 14.3 Å². The van der Waals surface area contributed by atoms with Crippen molar-refractivity contribution in [2.24, 2.45) is 0 Å². The first-order valence-corrected chi connectivity index (χ1v) is 6.66. The van der Waals surface area contributed by atoms with Crippen molar-refractivity contribution in [1.82, 2.24) is 0 Å². The molecule has 96 valence electrons. The number of halogens is 1. The van der Waals surface area contributed by atoms with E-state index in [0.717, 1.165) is 10.9 Å². The molecule has 0 aliphatic carbocycles. The largest absolute Gasteiger partial charge is 0.493 e. The fourth-order valence-electron chi connectivity index (χ4n) is 1.69. The number of benzene rings is 1. The van der Waals surface area contributed by atoms with Crippen molar-refractivity contribution < 1.29 is 14.3 Å². The van der Waals surface area contributed by atoms with Gasteiger partial charge in [0.15, 0.2) is 5.76 Å². The van der Waals surface area contributed by atoms with Gasteiger partial charge in [-0.2, -0.15) is 0 Å². The second-order valence-electron chi connectivity index (χ2n) is 3.92. The summed E-state index contributed by atoms with van der Waals surface area (Å²) >= 11 is 3.35. The van der Waals surface area contributed by atoms with Crippen LogP contribution in [0.1, 0.15) is 30.8 Å². The van der Waals surface area contributed by atoms with E-state index in [9.17, 15) is 5.11 Å². The summed E-state index contributed by atoms with van der Waals surface area (Å²) in [5.41, 5.74) is 0.710. The minimum Gasteiger partial charge on any atom is -0.493 e. The van der Waals surface area contributed by atoms with E-state index in [2.05, 4.69) is 15.9 Å². The quantitative estimate of drug-likeness (QED) is 0.910. The molecule has 1 N–H and O–H groups in total. The highest BCUT2D eigenvalue weighted by Crippen LogP contribution is 2.34. The monoisotopic (exact) mass is 310 g/mol. The van der Waals surface area contributed by atoms with E-state index in [1.165, 1.54) is 6.26 Å². The van der Waals surface area contributed by atoms with Crippen LogP contribution in [0.4, 0.5) is 0 Å². The molecule has 4 heteroatoms. The van der Waals surface area contributed by atoms with E-state index in [-0.39, 0.29) is 0 Å². The lowest BCUT2D eigenvalue weighted by Gasteiger charge is -2.14. The Hall–Kier alpha value is -1.26. The lowest BCUT2D eigenvalue weighted by molar-refractivity contribution is 0.181. The Morgan fingerprint density at radius 3 is 2.78 bits per heavy atom. The summed E-state index contributed by atoms with van der Waals surface area (Å²) in [6.45, 7) is 2.67. The number of para-hydroxylation sites is 1. The highest BCUT2D eigenvalue weighted by atomic mass is 79.9. The highest BCUT2D eigenvalue weighted by Gasteiger charge is 2.20. The fraction of sp³-hybridized carbons (Fsp3) is 0.286. The predicted octanol–water partition coefficient (Wildman–Crippen LogP) is 3.91. The molecule has 1 aromatic heterocycles. The Morgan fingerprint density at radius 1 is 1.33 bits per heavy atom. The van der Waals surface area contributed by atoms with Crippen LogP contribution < -0.4 is 4.74 Å². The molecule has 0 aliphatic rings. The molecule has 1 unspecified atom stereocenters. The van der Waals surface area contributed by atoms with Gasteiger partial charge in [0.1, 0.15) is 11.9 Å². The molecular weight excluding hydrogens is 296 g/mol. The number of hydrogen-bond acceptors (Lipinski definition) is 3. The molecule has 0 bridgehead atoms. The number of hydrogen-bond donors (Lipinski definition) is 1. The zero-order chi connectivity index (χ0) is 13.0. The topological polar surface area (TPSA) is 42.6 Å². The number of aliphatic hydroxyl groups excluding tert-OH is 1. The van der Waals surface area contributed by atoms with E-state index in [4.69, 9.17) is 9.15 Å². The summed E-state index contributed by atoms with van der Waals surface area (Å²) in [6.07, 6.45) is 1.63. The molecule has 1 atom stereocenters. The van der Waals surface area contributed by atoms with E-state index in [0.29, 0.717) is 23.7 Å². The van der Waals surface area contributed by atoms with Crippen molar-refractivity contribution in [3.63, 3.8) is 0 Å². The Balaban J connectivity index is 2.30. The van der Waals surface area contributed by atoms with E-state index < -0.39 is 6.10 Å². The Kier molecular flexibility index (Phi) is 4.44. The Bertz CT molecular complexity index is 507. The van der Waals surface area contributed by atoms with Crippen LogP contribution in [0.2, 0.25) is 0 Å². The molecule has 2 aromatic rings. The van der Waals surface area contributed by atoms with Crippen LogP contribution >= 0.6 is 15.9 Å². The maximum absolute atomic E-state index is 10.3. The SMILES string of the molecule is CCCOc1ccccc1C(O)c1occc1Br. The van der Waals surface area contributed by atoms with Crippen molar-refractivity contribution in [1.29, 1.82) is 0 Å². The summed E-state index contributed by atoms with van der Waals surface area (Å²) in [4.78, 5) is 0. The summed E-state index contributed by atoms with van der Waals surface area (Å²) in [5.74, 6) is 1.18. The molecule has 0 saturated heterocycles. The number of furan rings is 1. The molecule has 0 radical (unpaired) electrons. The minimum absolute atomic E-state index is 0.488.